The average molecular weight is 543 g/mol. The first-order valence-electron chi connectivity index (χ1n) is 14.4. The van der Waals surface area contributed by atoms with Gasteiger partial charge < -0.3 is 14.8 Å². The molecule has 1 aliphatic rings. The second kappa shape index (κ2) is 9.64. The lowest BCUT2D eigenvalue weighted by molar-refractivity contribution is 0.792. The third kappa shape index (κ3) is 4.03. The molecule has 6 aromatic carbocycles. The van der Waals surface area contributed by atoms with E-state index in [-0.39, 0.29) is 6.17 Å². The fourth-order valence-electron chi connectivity index (χ4n) is 6.27. The van der Waals surface area contributed by atoms with Crippen molar-refractivity contribution >= 4 is 33.2 Å². The average Bonchev–Trinajstić information content (AvgIpc) is 3.57. The Morgan fingerprint density at radius 3 is 1.86 bits per heavy atom. The van der Waals surface area contributed by atoms with Crippen LogP contribution in [0.1, 0.15) is 11.7 Å². The van der Waals surface area contributed by atoms with Crippen molar-refractivity contribution < 1.29 is 0 Å². The number of hydrogen-bond donors (Lipinski definition) is 1. The summed E-state index contributed by atoms with van der Waals surface area (Å²) in [7, 11) is 4.22. The smallest absolute Gasteiger partial charge is 0.140 e. The minimum absolute atomic E-state index is 0.137. The topological polar surface area (TPSA) is 33.1 Å². The molecule has 42 heavy (non-hydrogen) atoms. The van der Waals surface area contributed by atoms with Crippen molar-refractivity contribution in [1.29, 1.82) is 0 Å². The summed E-state index contributed by atoms with van der Waals surface area (Å²) in [6, 6.07) is 47.9. The molecule has 4 heteroatoms. The van der Waals surface area contributed by atoms with E-state index in [2.05, 4.69) is 156 Å². The third-order valence-electron chi connectivity index (χ3n) is 8.63. The molecule has 0 aliphatic carbocycles. The van der Waals surface area contributed by atoms with E-state index in [1.165, 1.54) is 50.0 Å². The van der Waals surface area contributed by atoms with Gasteiger partial charge in [-0.2, -0.15) is 0 Å². The summed E-state index contributed by atoms with van der Waals surface area (Å²) >= 11 is 0. The van der Waals surface area contributed by atoms with Crippen molar-refractivity contribution in [2.24, 2.45) is 7.05 Å². The Hall–Kier alpha value is -5.35. The highest BCUT2D eigenvalue weighted by Crippen LogP contribution is 2.40. The minimum atomic E-state index is 0.137. The molecule has 1 unspecified atom stereocenters. The first kappa shape index (κ1) is 24.4. The summed E-state index contributed by atoms with van der Waals surface area (Å²) in [6.45, 7) is 0. The molecular weight excluding hydrogens is 512 g/mol. The van der Waals surface area contributed by atoms with Crippen LogP contribution >= 0.6 is 0 Å². The highest BCUT2D eigenvalue weighted by Gasteiger charge is 2.26. The van der Waals surface area contributed by atoms with Gasteiger partial charge in [-0.05, 0) is 75.0 Å². The number of anilines is 2. The van der Waals surface area contributed by atoms with Gasteiger partial charge in [-0.3, -0.25) is 0 Å². The first-order valence-corrected chi connectivity index (χ1v) is 14.4. The molecule has 202 valence electrons. The highest BCUT2D eigenvalue weighted by molar-refractivity contribution is 5.91. The molecule has 1 atom stereocenters. The van der Waals surface area contributed by atoms with E-state index >= 15 is 0 Å². The second-order valence-corrected chi connectivity index (χ2v) is 11.1. The molecule has 0 spiro atoms. The fraction of sp³-hybridized carbons (Fsp3) is 0.0789. The number of aryl methyl sites for hydroxylation is 1. The molecule has 0 amide bonds. The van der Waals surface area contributed by atoms with Crippen molar-refractivity contribution in [3.05, 3.63) is 139 Å². The molecule has 1 aromatic heterocycles. The Kier molecular flexibility index (Phi) is 5.61. The Balaban J connectivity index is 1.06. The van der Waals surface area contributed by atoms with Gasteiger partial charge in [0.05, 0.1) is 22.4 Å². The van der Waals surface area contributed by atoms with Crippen molar-refractivity contribution in [1.82, 2.24) is 9.55 Å². The van der Waals surface area contributed by atoms with Gasteiger partial charge in [-0.1, -0.05) is 97.1 Å². The van der Waals surface area contributed by atoms with E-state index in [9.17, 15) is 0 Å². The minimum Gasteiger partial charge on any atom is -0.360 e. The van der Waals surface area contributed by atoms with Gasteiger partial charge in [0.25, 0.3) is 0 Å². The maximum Gasteiger partial charge on any atom is 0.140 e. The number of imidazole rings is 1. The van der Waals surface area contributed by atoms with E-state index in [1.54, 1.807) is 0 Å². The van der Waals surface area contributed by atoms with Crippen molar-refractivity contribution in [2.75, 3.05) is 17.3 Å². The van der Waals surface area contributed by atoms with Crippen LogP contribution in [0.3, 0.4) is 0 Å². The van der Waals surface area contributed by atoms with Gasteiger partial charge in [0.2, 0.25) is 0 Å². The quantitative estimate of drug-likeness (QED) is 0.241. The molecular formula is C38H30N4. The zero-order chi connectivity index (χ0) is 28.2. The Labute approximate surface area is 245 Å². The standard InChI is InChI=1S/C38H30N4/c1-41-35-9-5-3-7-33(35)39-37(41)28-17-11-25(12-18-28)30-21-15-27-16-22-31(24-32(27)23-30)26-13-19-29(20-14-26)38-40-34-8-4-6-10-36(34)42(38)2/h3-24,37,39H,1-2H3. The van der Waals surface area contributed by atoms with Crippen LogP contribution in [0.15, 0.2) is 133 Å². The summed E-state index contributed by atoms with van der Waals surface area (Å²) in [5.41, 5.74) is 11.8. The largest absolute Gasteiger partial charge is 0.360 e. The Bertz CT molecular complexity index is 2090. The number of rotatable bonds is 4. The predicted octanol–water partition coefficient (Wildman–Crippen LogP) is 9.29. The molecule has 0 radical (unpaired) electrons. The zero-order valence-corrected chi connectivity index (χ0v) is 23.6. The van der Waals surface area contributed by atoms with Crippen molar-refractivity contribution in [3.8, 4) is 33.6 Å². The number of nitrogens with zero attached hydrogens (tertiary/aromatic N) is 3. The molecule has 7 aromatic rings. The van der Waals surface area contributed by atoms with E-state index in [0.717, 1.165) is 22.4 Å². The summed E-state index contributed by atoms with van der Waals surface area (Å²) < 4.78 is 2.16. The van der Waals surface area contributed by atoms with E-state index in [0.29, 0.717) is 0 Å². The highest BCUT2D eigenvalue weighted by atomic mass is 15.3. The summed E-state index contributed by atoms with van der Waals surface area (Å²) in [5, 5.41) is 6.13. The van der Waals surface area contributed by atoms with Gasteiger partial charge in [0.1, 0.15) is 12.0 Å². The van der Waals surface area contributed by atoms with E-state index in [1.807, 2.05) is 6.07 Å². The number of hydrogen-bond acceptors (Lipinski definition) is 3. The van der Waals surface area contributed by atoms with Gasteiger partial charge in [0.15, 0.2) is 0 Å². The monoisotopic (exact) mass is 542 g/mol. The maximum absolute atomic E-state index is 4.86. The van der Waals surface area contributed by atoms with Crippen LogP contribution in [0.5, 0.6) is 0 Å². The van der Waals surface area contributed by atoms with Crippen molar-refractivity contribution in [2.45, 2.75) is 6.17 Å². The third-order valence-corrected chi connectivity index (χ3v) is 8.63. The molecule has 2 heterocycles. The predicted molar refractivity (Wildman–Crippen MR) is 176 cm³/mol. The molecule has 1 N–H and O–H groups in total. The first-order chi connectivity index (χ1) is 20.6. The summed E-state index contributed by atoms with van der Waals surface area (Å²) in [4.78, 5) is 7.16. The van der Waals surface area contributed by atoms with E-state index in [4.69, 9.17) is 4.98 Å². The molecule has 0 fully saturated rings. The van der Waals surface area contributed by atoms with Crippen LogP contribution in [0.25, 0.3) is 55.4 Å². The summed E-state index contributed by atoms with van der Waals surface area (Å²) in [6.07, 6.45) is 0.137. The van der Waals surface area contributed by atoms with Crippen LogP contribution in [-0.2, 0) is 7.05 Å². The number of aromatic nitrogens is 2. The Morgan fingerprint density at radius 2 is 1.17 bits per heavy atom. The van der Waals surface area contributed by atoms with E-state index < -0.39 is 0 Å². The number of para-hydroxylation sites is 4. The van der Waals surface area contributed by atoms with Gasteiger partial charge in [-0.25, -0.2) is 4.98 Å². The maximum atomic E-state index is 4.86. The lowest BCUT2D eigenvalue weighted by Gasteiger charge is -2.22. The zero-order valence-electron chi connectivity index (χ0n) is 23.6. The molecule has 0 saturated carbocycles. The lowest BCUT2D eigenvalue weighted by Crippen LogP contribution is -2.23. The van der Waals surface area contributed by atoms with Crippen LogP contribution in [-0.4, -0.2) is 16.6 Å². The number of nitrogens with one attached hydrogen (secondary N) is 1. The molecule has 0 saturated heterocycles. The lowest BCUT2D eigenvalue weighted by atomic mass is 9.96. The normalized spacial score (nSPS) is 14.3. The second-order valence-electron chi connectivity index (χ2n) is 11.1. The molecule has 4 nitrogen and oxygen atoms in total. The summed E-state index contributed by atoms with van der Waals surface area (Å²) in [5.74, 6) is 0.983. The fourth-order valence-corrected chi connectivity index (χ4v) is 6.27. The number of fused-ring (bicyclic) bond motifs is 3. The molecule has 8 rings (SSSR count). The van der Waals surface area contributed by atoms with Crippen LogP contribution < -0.4 is 10.2 Å². The molecule has 0 bridgehead atoms. The van der Waals surface area contributed by atoms with Gasteiger partial charge in [-0.15, -0.1) is 0 Å². The van der Waals surface area contributed by atoms with Gasteiger partial charge >= 0.3 is 0 Å². The van der Waals surface area contributed by atoms with Crippen molar-refractivity contribution in [3.63, 3.8) is 0 Å². The van der Waals surface area contributed by atoms with Crippen LogP contribution in [0.2, 0.25) is 0 Å². The number of benzene rings is 6. The Morgan fingerprint density at radius 1 is 0.571 bits per heavy atom. The van der Waals surface area contributed by atoms with Crippen LogP contribution in [0, 0.1) is 0 Å². The SMILES string of the molecule is CN1c2ccccc2NC1c1ccc(-c2ccc3ccc(-c4ccc(-c5nc6ccccc6n5C)cc4)cc3c2)cc1. The van der Waals surface area contributed by atoms with Crippen LogP contribution in [0.4, 0.5) is 11.4 Å². The van der Waals surface area contributed by atoms with Gasteiger partial charge in [0, 0.05) is 19.7 Å². The molecule has 1 aliphatic heterocycles.